The molecule has 0 aliphatic carbocycles. The summed E-state index contributed by atoms with van der Waals surface area (Å²) in [7, 11) is 0. The highest BCUT2D eigenvalue weighted by atomic mass is 16.2. The fourth-order valence-corrected chi connectivity index (χ4v) is 1.55. The van der Waals surface area contributed by atoms with Crippen molar-refractivity contribution in [3.63, 3.8) is 0 Å². The highest BCUT2D eigenvalue weighted by Gasteiger charge is 2.05. The molecule has 104 valence electrons. The maximum absolute atomic E-state index is 11.7. The molecule has 0 bridgehead atoms. The molecule has 0 radical (unpaired) electrons. The maximum atomic E-state index is 11.7. The summed E-state index contributed by atoms with van der Waals surface area (Å²) >= 11 is 0. The molecule has 0 atom stereocenters. The van der Waals surface area contributed by atoms with Crippen LogP contribution in [0.15, 0.2) is 30.3 Å². The average Bonchev–Trinajstić information content (AvgIpc) is 2.42. The van der Waals surface area contributed by atoms with Gasteiger partial charge < -0.3 is 10.6 Å². The van der Waals surface area contributed by atoms with Gasteiger partial charge in [-0.05, 0) is 24.5 Å². The van der Waals surface area contributed by atoms with E-state index in [1.54, 1.807) is 12.1 Å². The van der Waals surface area contributed by atoms with Gasteiger partial charge in [0.1, 0.15) is 0 Å². The summed E-state index contributed by atoms with van der Waals surface area (Å²) in [5, 5.41) is 5.65. The lowest BCUT2D eigenvalue weighted by Gasteiger charge is -2.08. The molecule has 0 spiro atoms. The lowest BCUT2D eigenvalue weighted by Crippen LogP contribution is -2.29. The largest absolute Gasteiger partial charge is 0.356 e. The lowest BCUT2D eigenvalue weighted by atomic mass is 10.2. The highest BCUT2D eigenvalue weighted by molar-refractivity contribution is 5.94. The van der Waals surface area contributed by atoms with Gasteiger partial charge in [0, 0.05) is 25.1 Å². The topological polar surface area (TPSA) is 58.2 Å². The number of benzene rings is 1. The van der Waals surface area contributed by atoms with Crippen LogP contribution >= 0.6 is 0 Å². The van der Waals surface area contributed by atoms with E-state index in [0.717, 1.165) is 0 Å². The summed E-state index contributed by atoms with van der Waals surface area (Å²) in [6, 6.07) is 9.06. The molecular formula is C15H22N2O2. The Kier molecular flexibility index (Phi) is 6.64. The van der Waals surface area contributed by atoms with E-state index in [2.05, 4.69) is 24.5 Å². The number of hydrogen-bond acceptors (Lipinski definition) is 2. The van der Waals surface area contributed by atoms with Gasteiger partial charge in [-0.25, -0.2) is 0 Å². The Bertz CT molecular complexity index is 402. The molecule has 2 N–H and O–H groups in total. The number of carbonyl (C=O) groups excluding carboxylic acids is 2. The van der Waals surface area contributed by atoms with Crippen molar-refractivity contribution < 1.29 is 9.59 Å². The molecule has 1 aromatic rings. The van der Waals surface area contributed by atoms with Crippen molar-refractivity contribution in [2.24, 2.45) is 5.92 Å². The fourth-order valence-electron chi connectivity index (χ4n) is 1.55. The van der Waals surface area contributed by atoms with Crippen molar-refractivity contribution in [3.8, 4) is 0 Å². The predicted molar refractivity (Wildman–Crippen MR) is 75.9 cm³/mol. The van der Waals surface area contributed by atoms with Crippen LogP contribution in [0.5, 0.6) is 0 Å². The Balaban J connectivity index is 2.14. The molecule has 4 nitrogen and oxygen atoms in total. The van der Waals surface area contributed by atoms with Crippen LogP contribution in [0.4, 0.5) is 0 Å². The smallest absolute Gasteiger partial charge is 0.251 e. The number of nitrogens with one attached hydrogen (secondary N) is 2. The Hall–Kier alpha value is -1.84. The number of rotatable bonds is 7. The molecule has 0 aliphatic heterocycles. The summed E-state index contributed by atoms with van der Waals surface area (Å²) in [6.45, 7) is 5.33. The zero-order chi connectivity index (χ0) is 14.1. The van der Waals surface area contributed by atoms with Gasteiger partial charge in [0.25, 0.3) is 5.91 Å². The van der Waals surface area contributed by atoms with E-state index in [9.17, 15) is 9.59 Å². The van der Waals surface area contributed by atoms with Gasteiger partial charge in [0.2, 0.25) is 5.91 Å². The summed E-state index contributed by atoms with van der Waals surface area (Å²) in [6.07, 6.45) is 1.10. The minimum Gasteiger partial charge on any atom is -0.356 e. The third-order valence-electron chi connectivity index (χ3n) is 2.61. The molecule has 0 aliphatic rings. The molecule has 0 heterocycles. The molecule has 0 saturated carbocycles. The zero-order valence-electron chi connectivity index (χ0n) is 11.6. The second kappa shape index (κ2) is 8.29. The first-order valence-electron chi connectivity index (χ1n) is 6.69. The van der Waals surface area contributed by atoms with Gasteiger partial charge in [-0.15, -0.1) is 0 Å². The summed E-state index contributed by atoms with van der Waals surface area (Å²) in [5.41, 5.74) is 0.645. The van der Waals surface area contributed by atoms with Gasteiger partial charge in [0.05, 0.1) is 0 Å². The van der Waals surface area contributed by atoms with Gasteiger partial charge >= 0.3 is 0 Å². The Labute approximate surface area is 114 Å². The quantitative estimate of drug-likeness (QED) is 0.738. The maximum Gasteiger partial charge on any atom is 0.251 e. The van der Waals surface area contributed by atoms with Gasteiger partial charge in [-0.3, -0.25) is 9.59 Å². The first kappa shape index (κ1) is 15.2. The summed E-state index contributed by atoms with van der Waals surface area (Å²) < 4.78 is 0. The standard InChI is InChI=1S/C15H22N2O2/c1-12(2)11-17-14(18)9-6-10-16-15(19)13-7-4-3-5-8-13/h3-5,7-8,12H,6,9-11H2,1-2H3,(H,16,19)(H,17,18). The van der Waals surface area contributed by atoms with Crippen molar-refractivity contribution in [2.75, 3.05) is 13.1 Å². The van der Waals surface area contributed by atoms with Crippen LogP contribution in [0.2, 0.25) is 0 Å². The van der Waals surface area contributed by atoms with Crippen LogP contribution in [0.25, 0.3) is 0 Å². The SMILES string of the molecule is CC(C)CNC(=O)CCCNC(=O)c1ccccc1. The summed E-state index contributed by atoms with van der Waals surface area (Å²) in [4.78, 5) is 23.1. The van der Waals surface area contributed by atoms with E-state index in [1.807, 2.05) is 18.2 Å². The van der Waals surface area contributed by atoms with Crippen LogP contribution < -0.4 is 10.6 Å². The molecule has 1 aromatic carbocycles. The third kappa shape index (κ3) is 6.60. The molecular weight excluding hydrogens is 240 g/mol. The van der Waals surface area contributed by atoms with Crippen LogP contribution in [-0.4, -0.2) is 24.9 Å². The average molecular weight is 262 g/mol. The second-order valence-corrected chi connectivity index (χ2v) is 4.92. The van der Waals surface area contributed by atoms with Crippen molar-refractivity contribution >= 4 is 11.8 Å². The summed E-state index contributed by atoms with van der Waals surface area (Å²) in [5.74, 6) is 0.410. The van der Waals surface area contributed by atoms with Crippen molar-refractivity contribution in [3.05, 3.63) is 35.9 Å². The van der Waals surface area contributed by atoms with E-state index in [1.165, 1.54) is 0 Å². The van der Waals surface area contributed by atoms with Gasteiger partial charge in [-0.2, -0.15) is 0 Å². The highest BCUT2D eigenvalue weighted by Crippen LogP contribution is 1.98. The second-order valence-electron chi connectivity index (χ2n) is 4.92. The predicted octanol–water partition coefficient (Wildman–Crippen LogP) is 1.97. The van der Waals surface area contributed by atoms with Crippen molar-refractivity contribution in [2.45, 2.75) is 26.7 Å². The Morgan fingerprint density at radius 2 is 1.79 bits per heavy atom. The first-order valence-corrected chi connectivity index (χ1v) is 6.69. The van der Waals surface area contributed by atoms with Crippen LogP contribution in [0.3, 0.4) is 0 Å². The lowest BCUT2D eigenvalue weighted by molar-refractivity contribution is -0.121. The Morgan fingerprint density at radius 1 is 1.11 bits per heavy atom. The zero-order valence-corrected chi connectivity index (χ0v) is 11.6. The van der Waals surface area contributed by atoms with Crippen molar-refractivity contribution in [1.82, 2.24) is 10.6 Å². The van der Waals surface area contributed by atoms with Crippen LogP contribution in [0, 0.1) is 5.92 Å². The van der Waals surface area contributed by atoms with E-state index in [-0.39, 0.29) is 11.8 Å². The normalized spacial score (nSPS) is 10.3. The monoisotopic (exact) mass is 262 g/mol. The minimum absolute atomic E-state index is 0.0441. The third-order valence-corrected chi connectivity index (χ3v) is 2.61. The molecule has 1 rings (SSSR count). The number of hydrogen-bond donors (Lipinski definition) is 2. The molecule has 2 amide bonds. The van der Waals surface area contributed by atoms with E-state index < -0.39 is 0 Å². The molecule has 19 heavy (non-hydrogen) atoms. The Morgan fingerprint density at radius 3 is 2.42 bits per heavy atom. The molecule has 0 unspecified atom stereocenters. The molecule has 0 saturated heterocycles. The minimum atomic E-state index is -0.0943. The van der Waals surface area contributed by atoms with Crippen LogP contribution in [-0.2, 0) is 4.79 Å². The van der Waals surface area contributed by atoms with Crippen molar-refractivity contribution in [1.29, 1.82) is 0 Å². The van der Waals surface area contributed by atoms with E-state index in [0.29, 0.717) is 37.4 Å². The number of amides is 2. The van der Waals surface area contributed by atoms with Gasteiger partial charge in [0.15, 0.2) is 0 Å². The number of carbonyl (C=O) groups is 2. The van der Waals surface area contributed by atoms with E-state index >= 15 is 0 Å². The molecule has 0 fully saturated rings. The fraction of sp³-hybridized carbons (Fsp3) is 0.467. The first-order chi connectivity index (χ1) is 9.09. The molecule has 0 aromatic heterocycles. The molecule has 4 heteroatoms. The van der Waals surface area contributed by atoms with Crippen LogP contribution in [0.1, 0.15) is 37.0 Å². The van der Waals surface area contributed by atoms with Gasteiger partial charge in [-0.1, -0.05) is 32.0 Å². The van der Waals surface area contributed by atoms with E-state index in [4.69, 9.17) is 0 Å².